The second-order valence-corrected chi connectivity index (χ2v) is 3.87. The van der Waals surface area contributed by atoms with Crippen molar-refractivity contribution in [3.05, 3.63) is 18.5 Å². The van der Waals surface area contributed by atoms with Crippen molar-refractivity contribution >= 4 is 17.3 Å². The van der Waals surface area contributed by atoms with Crippen LogP contribution in [0.2, 0.25) is 0 Å². The van der Waals surface area contributed by atoms with Crippen molar-refractivity contribution in [3.63, 3.8) is 0 Å². The number of nitrogens with one attached hydrogen (secondary N) is 1. The summed E-state index contributed by atoms with van der Waals surface area (Å²) in [7, 11) is 0. The van der Waals surface area contributed by atoms with Crippen molar-refractivity contribution in [2.75, 3.05) is 24.3 Å². The lowest BCUT2D eigenvalue weighted by Crippen LogP contribution is -2.30. The number of amides is 1. The number of hydrogen-bond acceptors (Lipinski definition) is 4. The molecule has 1 aromatic rings. The average molecular weight is 221 g/mol. The smallest absolute Gasteiger partial charge is 0.229 e. The number of hydrogen-bond donors (Lipinski definition) is 2. The van der Waals surface area contributed by atoms with Crippen LogP contribution in [0.25, 0.3) is 0 Å². The normalized spacial score (nSPS) is 20.4. The minimum Gasteiger partial charge on any atom is -0.396 e. The number of rotatable bonds is 2. The molecular formula is C11H15N3O2. The molecular weight excluding hydrogens is 206 g/mol. The van der Waals surface area contributed by atoms with E-state index in [2.05, 4.69) is 10.3 Å². The lowest BCUT2D eigenvalue weighted by atomic mass is 10.0. The van der Waals surface area contributed by atoms with Crippen molar-refractivity contribution in [3.8, 4) is 0 Å². The lowest BCUT2D eigenvalue weighted by molar-refractivity contribution is -0.123. The number of nitrogens with two attached hydrogens (primary N) is 1. The van der Waals surface area contributed by atoms with E-state index in [1.54, 1.807) is 12.3 Å². The second-order valence-electron chi connectivity index (χ2n) is 3.87. The summed E-state index contributed by atoms with van der Waals surface area (Å²) in [6.07, 6.45) is 4.93. The van der Waals surface area contributed by atoms with Crippen LogP contribution in [0.1, 0.15) is 12.8 Å². The van der Waals surface area contributed by atoms with Crippen LogP contribution in [0.15, 0.2) is 18.5 Å². The Morgan fingerprint density at radius 1 is 1.62 bits per heavy atom. The Kier molecular flexibility index (Phi) is 3.36. The van der Waals surface area contributed by atoms with Crippen LogP contribution in [0.3, 0.4) is 0 Å². The number of nitrogens with zero attached hydrogens (tertiary/aromatic N) is 1. The van der Waals surface area contributed by atoms with E-state index in [9.17, 15) is 4.79 Å². The molecule has 1 saturated heterocycles. The Labute approximate surface area is 94.0 Å². The Hall–Kier alpha value is -1.62. The van der Waals surface area contributed by atoms with Gasteiger partial charge in [0, 0.05) is 12.8 Å². The summed E-state index contributed by atoms with van der Waals surface area (Å²) in [5, 5.41) is 2.80. The minimum atomic E-state index is -0.0682. The van der Waals surface area contributed by atoms with E-state index in [4.69, 9.17) is 10.5 Å². The van der Waals surface area contributed by atoms with E-state index in [0.29, 0.717) is 18.0 Å². The van der Waals surface area contributed by atoms with Gasteiger partial charge in [0.15, 0.2) is 0 Å². The molecule has 0 saturated carbocycles. The zero-order valence-electron chi connectivity index (χ0n) is 8.98. The predicted molar refractivity (Wildman–Crippen MR) is 60.8 cm³/mol. The molecule has 1 unspecified atom stereocenters. The molecule has 0 radical (unpaired) electrons. The van der Waals surface area contributed by atoms with Crippen molar-refractivity contribution < 1.29 is 9.53 Å². The fourth-order valence-electron chi connectivity index (χ4n) is 1.70. The Morgan fingerprint density at radius 3 is 3.19 bits per heavy atom. The first-order valence-electron chi connectivity index (χ1n) is 5.35. The second kappa shape index (κ2) is 4.94. The molecule has 1 aromatic heterocycles. The van der Waals surface area contributed by atoms with Gasteiger partial charge in [0.25, 0.3) is 0 Å². The van der Waals surface area contributed by atoms with Crippen LogP contribution in [0.5, 0.6) is 0 Å². The van der Waals surface area contributed by atoms with Gasteiger partial charge in [0.2, 0.25) is 5.91 Å². The van der Waals surface area contributed by atoms with Crippen molar-refractivity contribution in [1.82, 2.24) is 4.98 Å². The first-order chi connectivity index (χ1) is 7.77. The van der Waals surface area contributed by atoms with E-state index < -0.39 is 0 Å². The molecule has 0 bridgehead atoms. The van der Waals surface area contributed by atoms with E-state index in [-0.39, 0.29) is 11.8 Å². The summed E-state index contributed by atoms with van der Waals surface area (Å²) >= 11 is 0. The van der Waals surface area contributed by atoms with Gasteiger partial charge in [-0.15, -0.1) is 0 Å². The maximum Gasteiger partial charge on any atom is 0.229 e. The summed E-state index contributed by atoms with van der Waals surface area (Å²) in [6.45, 7) is 1.25. The molecule has 2 rings (SSSR count). The van der Waals surface area contributed by atoms with Crippen LogP contribution >= 0.6 is 0 Å². The van der Waals surface area contributed by atoms with Crippen LogP contribution in [-0.2, 0) is 9.53 Å². The predicted octanol–water partition coefficient (Wildman–Crippen LogP) is 1.03. The Balaban J connectivity index is 1.99. The standard InChI is InChI=1S/C11H15N3O2/c12-9-6-13-4-3-10(9)14-11(15)8-2-1-5-16-7-8/h3-4,6,8H,1-2,5,7,12H2,(H,13,14,15). The highest BCUT2D eigenvalue weighted by molar-refractivity contribution is 5.95. The highest BCUT2D eigenvalue weighted by Crippen LogP contribution is 2.19. The number of carbonyl (C=O) groups excluding carboxylic acids is 1. The molecule has 5 heteroatoms. The highest BCUT2D eigenvalue weighted by atomic mass is 16.5. The van der Waals surface area contributed by atoms with Gasteiger partial charge >= 0.3 is 0 Å². The molecule has 0 aliphatic carbocycles. The number of pyridine rings is 1. The zero-order valence-corrected chi connectivity index (χ0v) is 8.98. The first-order valence-corrected chi connectivity index (χ1v) is 5.35. The molecule has 16 heavy (non-hydrogen) atoms. The monoisotopic (exact) mass is 221 g/mol. The lowest BCUT2D eigenvalue weighted by Gasteiger charge is -2.21. The van der Waals surface area contributed by atoms with Crippen LogP contribution < -0.4 is 11.1 Å². The molecule has 0 aromatic carbocycles. The summed E-state index contributed by atoms with van der Waals surface area (Å²) in [5.41, 5.74) is 6.79. The highest BCUT2D eigenvalue weighted by Gasteiger charge is 2.22. The van der Waals surface area contributed by atoms with Gasteiger partial charge in [0.1, 0.15) is 0 Å². The quantitative estimate of drug-likeness (QED) is 0.782. The molecule has 86 valence electrons. The number of anilines is 2. The van der Waals surface area contributed by atoms with E-state index in [1.807, 2.05) is 0 Å². The van der Waals surface area contributed by atoms with Gasteiger partial charge in [-0.3, -0.25) is 9.78 Å². The Bertz CT molecular complexity index is 375. The Morgan fingerprint density at radius 2 is 2.50 bits per heavy atom. The van der Waals surface area contributed by atoms with Gasteiger partial charge in [0.05, 0.1) is 30.1 Å². The molecule has 0 spiro atoms. The molecule has 3 N–H and O–H groups in total. The number of ether oxygens (including phenoxy) is 1. The summed E-state index contributed by atoms with van der Waals surface area (Å²) in [6, 6.07) is 1.69. The summed E-state index contributed by atoms with van der Waals surface area (Å²) < 4.78 is 5.27. The molecule has 5 nitrogen and oxygen atoms in total. The van der Waals surface area contributed by atoms with Crippen molar-refractivity contribution in [1.29, 1.82) is 0 Å². The zero-order chi connectivity index (χ0) is 11.4. The van der Waals surface area contributed by atoms with Gasteiger partial charge in [-0.2, -0.15) is 0 Å². The molecule has 1 fully saturated rings. The summed E-state index contributed by atoms with van der Waals surface area (Å²) in [4.78, 5) is 15.7. The summed E-state index contributed by atoms with van der Waals surface area (Å²) in [5.74, 6) is -0.0982. The third kappa shape index (κ3) is 2.49. The molecule has 1 aliphatic heterocycles. The molecule has 2 heterocycles. The van der Waals surface area contributed by atoms with E-state index in [1.165, 1.54) is 6.20 Å². The molecule has 1 amide bonds. The average Bonchev–Trinajstić information content (AvgIpc) is 2.33. The third-order valence-corrected chi connectivity index (χ3v) is 2.64. The molecule has 1 aliphatic rings. The van der Waals surface area contributed by atoms with E-state index in [0.717, 1.165) is 19.4 Å². The SMILES string of the molecule is Nc1cnccc1NC(=O)C1CCCOC1. The van der Waals surface area contributed by atoms with E-state index >= 15 is 0 Å². The van der Waals surface area contributed by atoms with Crippen LogP contribution in [0.4, 0.5) is 11.4 Å². The van der Waals surface area contributed by atoms with Crippen LogP contribution in [0, 0.1) is 5.92 Å². The molecule has 1 atom stereocenters. The third-order valence-electron chi connectivity index (χ3n) is 2.64. The van der Waals surface area contributed by atoms with Gasteiger partial charge in [-0.1, -0.05) is 0 Å². The van der Waals surface area contributed by atoms with Gasteiger partial charge in [-0.25, -0.2) is 0 Å². The number of nitrogen functional groups attached to an aromatic ring is 1. The topological polar surface area (TPSA) is 77.2 Å². The first kappa shape index (κ1) is 10.9. The van der Waals surface area contributed by atoms with Crippen LogP contribution in [-0.4, -0.2) is 24.1 Å². The van der Waals surface area contributed by atoms with Crippen molar-refractivity contribution in [2.45, 2.75) is 12.8 Å². The largest absolute Gasteiger partial charge is 0.396 e. The van der Waals surface area contributed by atoms with Crippen molar-refractivity contribution in [2.24, 2.45) is 5.92 Å². The maximum atomic E-state index is 11.9. The number of aromatic nitrogens is 1. The fourth-order valence-corrected chi connectivity index (χ4v) is 1.70. The van der Waals surface area contributed by atoms with Gasteiger partial charge < -0.3 is 15.8 Å². The number of carbonyl (C=O) groups is 1. The fraction of sp³-hybridized carbons (Fsp3) is 0.455. The minimum absolute atomic E-state index is 0.0300. The van der Waals surface area contributed by atoms with Gasteiger partial charge in [-0.05, 0) is 18.9 Å². The maximum absolute atomic E-state index is 11.9.